The molecule has 0 aliphatic rings. The number of carbonyl (C=O) groups is 1. The zero-order valence-electron chi connectivity index (χ0n) is 45.7. The van der Waals surface area contributed by atoms with Crippen molar-refractivity contribution >= 4 is 13.8 Å². The van der Waals surface area contributed by atoms with Gasteiger partial charge in [0, 0.05) is 13.0 Å². The van der Waals surface area contributed by atoms with E-state index in [0.717, 1.165) is 70.6 Å². The Morgan fingerprint density at radius 2 is 0.797 bits per heavy atom. The van der Waals surface area contributed by atoms with E-state index in [2.05, 4.69) is 86.8 Å². The second-order valence-electron chi connectivity index (χ2n) is 20.3. The van der Waals surface area contributed by atoms with Crippen molar-refractivity contribution in [3.05, 3.63) is 72.9 Å². The highest BCUT2D eigenvalue weighted by Crippen LogP contribution is 2.38. The number of likely N-dealkylation sites (N-methyl/N-ethyl adjacent to an activating group) is 1. The van der Waals surface area contributed by atoms with Crippen molar-refractivity contribution in [2.45, 2.75) is 251 Å². The molecule has 69 heavy (non-hydrogen) atoms. The number of nitrogens with zero attached hydrogens (tertiary/aromatic N) is 1. The summed E-state index contributed by atoms with van der Waals surface area (Å²) in [6.45, 7) is 5.38. The van der Waals surface area contributed by atoms with Crippen molar-refractivity contribution in [1.29, 1.82) is 0 Å². The fraction of sp³-hybridized carbons (Fsp3) is 0.783. The molecule has 0 N–H and O–H groups in total. The third-order valence-corrected chi connectivity index (χ3v) is 13.2. The largest absolute Gasteiger partial charge is 0.756 e. The number of quaternary nitrogens is 1. The van der Waals surface area contributed by atoms with Gasteiger partial charge in [-0.05, 0) is 89.9 Å². The Bertz CT molecular complexity index is 1330. The number of phosphoric acid groups is 1. The Balaban J connectivity index is 4.12. The van der Waals surface area contributed by atoms with Crippen LogP contribution >= 0.6 is 7.82 Å². The third-order valence-electron chi connectivity index (χ3n) is 12.2. The van der Waals surface area contributed by atoms with Crippen molar-refractivity contribution in [2.24, 2.45) is 0 Å². The summed E-state index contributed by atoms with van der Waals surface area (Å²) < 4.78 is 34.8. The standard InChI is InChI=1S/C60H110NO7P/c1-6-8-10-12-14-16-18-20-22-24-26-28-29-30-31-32-34-36-38-40-42-44-46-48-50-52-55-65-57-59(58-67-69(63,64)66-56-54-61(3,4)5)68-60(62)53-51-49-47-45-43-41-39-37-35-33-27-25-23-21-19-17-15-13-11-9-7-2/h18-21,24-27,29-30,35,37,59H,6-17,22-23,28,31-34,36,38-58H2,1-5H3/b20-18-,21-19-,26-24-,27-25-,30-29-,37-35-. The van der Waals surface area contributed by atoms with Crippen LogP contribution in [-0.2, 0) is 27.9 Å². The molecule has 0 aromatic carbocycles. The van der Waals surface area contributed by atoms with Gasteiger partial charge in [0.25, 0.3) is 7.82 Å². The topological polar surface area (TPSA) is 94.1 Å². The van der Waals surface area contributed by atoms with Crippen LogP contribution in [0.25, 0.3) is 0 Å². The fourth-order valence-electron chi connectivity index (χ4n) is 7.80. The van der Waals surface area contributed by atoms with Gasteiger partial charge in [-0.3, -0.25) is 9.36 Å². The summed E-state index contributed by atoms with van der Waals surface area (Å²) in [5.74, 6) is -0.347. The van der Waals surface area contributed by atoms with E-state index in [1.807, 2.05) is 21.1 Å². The lowest BCUT2D eigenvalue weighted by molar-refractivity contribution is -0.870. The molecule has 0 bridgehead atoms. The summed E-state index contributed by atoms with van der Waals surface area (Å²) >= 11 is 0. The van der Waals surface area contributed by atoms with Crippen LogP contribution in [-0.4, -0.2) is 70.7 Å². The van der Waals surface area contributed by atoms with Gasteiger partial charge < -0.3 is 27.9 Å². The fourth-order valence-corrected chi connectivity index (χ4v) is 8.53. The molecule has 0 radical (unpaired) electrons. The number of allylic oxidation sites excluding steroid dienone is 12. The Labute approximate surface area is 427 Å². The van der Waals surface area contributed by atoms with Crippen LogP contribution in [0.4, 0.5) is 0 Å². The van der Waals surface area contributed by atoms with Crippen molar-refractivity contribution < 1.29 is 37.3 Å². The number of unbranched alkanes of at least 4 members (excludes halogenated alkanes) is 27. The average Bonchev–Trinajstić information content (AvgIpc) is 3.31. The van der Waals surface area contributed by atoms with Crippen LogP contribution in [0.3, 0.4) is 0 Å². The summed E-state index contributed by atoms with van der Waals surface area (Å²) in [5, 5.41) is 0. The normalized spacial score (nSPS) is 14.0. The monoisotopic (exact) mass is 988 g/mol. The molecule has 0 heterocycles. The van der Waals surface area contributed by atoms with E-state index in [1.54, 1.807) is 0 Å². The third kappa shape index (κ3) is 56.7. The number of ether oxygens (including phenoxy) is 2. The van der Waals surface area contributed by atoms with Crippen LogP contribution < -0.4 is 4.89 Å². The molecule has 9 heteroatoms. The van der Waals surface area contributed by atoms with Crippen LogP contribution in [0.15, 0.2) is 72.9 Å². The number of phosphoric ester groups is 1. The molecule has 0 amide bonds. The summed E-state index contributed by atoms with van der Waals surface area (Å²) in [6.07, 6.45) is 69.4. The van der Waals surface area contributed by atoms with Gasteiger partial charge >= 0.3 is 5.97 Å². The minimum atomic E-state index is -4.54. The first-order valence-corrected chi connectivity index (χ1v) is 30.1. The smallest absolute Gasteiger partial charge is 0.306 e. The molecule has 0 aliphatic carbocycles. The molecule has 2 atom stereocenters. The predicted molar refractivity (Wildman–Crippen MR) is 296 cm³/mol. The van der Waals surface area contributed by atoms with E-state index in [0.29, 0.717) is 24.1 Å². The quantitative estimate of drug-likeness (QED) is 0.0197. The van der Waals surface area contributed by atoms with E-state index in [1.165, 1.54) is 154 Å². The SMILES string of the molecule is CCCCCCC/C=C\C/C=C\C/C=C\CCCCCCCCCCCCCOCC(COP(=O)([O-])OCC[N+](C)(C)C)OC(=O)CCCCCCCC/C=C\C/C=C\C/C=C\CCCCCCC. The van der Waals surface area contributed by atoms with Crippen molar-refractivity contribution in [1.82, 2.24) is 0 Å². The molecule has 402 valence electrons. The van der Waals surface area contributed by atoms with E-state index >= 15 is 0 Å². The Kier molecular flexibility index (Phi) is 50.7. The highest BCUT2D eigenvalue weighted by Gasteiger charge is 2.20. The lowest BCUT2D eigenvalue weighted by Gasteiger charge is -2.28. The van der Waals surface area contributed by atoms with E-state index in [9.17, 15) is 14.3 Å². The Hall–Kier alpha value is -2.06. The maximum Gasteiger partial charge on any atom is 0.306 e. The van der Waals surface area contributed by atoms with Gasteiger partial charge in [-0.25, -0.2) is 0 Å². The maximum absolute atomic E-state index is 12.8. The van der Waals surface area contributed by atoms with Crippen LogP contribution in [0.1, 0.15) is 245 Å². The van der Waals surface area contributed by atoms with Gasteiger partial charge in [0.15, 0.2) is 0 Å². The highest BCUT2D eigenvalue weighted by atomic mass is 31.2. The summed E-state index contributed by atoms with van der Waals surface area (Å²) in [7, 11) is 1.34. The first-order valence-electron chi connectivity index (χ1n) is 28.7. The lowest BCUT2D eigenvalue weighted by atomic mass is 10.1. The number of hydrogen-bond acceptors (Lipinski definition) is 7. The number of rotatable bonds is 53. The molecular weight excluding hydrogens is 878 g/mol. The molecule has 0 saturated heterocycles. The highest BCUT2D eigenvalue weighted by molar-refractivity contribution is 7.45. The molecule has 0 fully saturated rings. The van der Waals surface area contributed by atoms with Crippen LogP contribution in [0.5, 0.6) is 0 Å². The van der Waals surface area contributed by atoms with E-state index in [-0.39, 0.29) is 25.8 Å². The van der Waals surface area contributed by atoms with Gasteiger partial charge in [0.1, 0.15) is 19.3 Å². The van der Waals surface area contributed by atoms with Crippen molar-refractivity contribution in [3.63, 3.8) is 0 Å². The number of carbonyl (C=O) groups excluding carboxylic acids is 1. The Morgan fingerprint density at radius 1 is 0.449 bits per heavy atom. The predicted octanol–water partition coefficient (Wildman–Crippen LogP) is 17.5. The molecule has 0 spiro atoms. The van der Waals surface area contributed by atoms with Gasteiger partial charge in [-0.15, -0.1) is 0 Å². The van der Waals surface area contributed by atoms with Gasteiger partial charge in [0.05, 0.1) is 34.4 Å². The molecule has 2 unspecified atom stereocenters. The average molecular weight is 989 g/mol. The van der Waals surface area contributed by atoms with Gasteiger partial charge in [-0.1, -0.05) is 222 Å². The summed E-state index contributed by atoms with van der Waals surface area (Å²) in [6, 6.07) is 0. The molecule has 0 saturated carbocycles. The molecular formula is C60H110NO7P. The summed E-state index contributed by atoms with van der Waals surface area (Å²) in [5.41, 5.74) is 0. The zero-order chi connectivity index (χ0) is 50.5. The lowest BCUT2D eigenvalue weighted by Crippen LogP contribution is -2.37. The second kappa shape index (κ2) is 52.3. The molecule has 0 aromatic rings. The molecule has 0 aliphatic heterocycles. The summed E-state index contributed by atoms with van der Waals surface area (Å²) in [4.78, 5) is 25.2. The van der Waals surface area contributed by atoms with Crippen molar-refractivity contribution in [3.8, 4) is 0 Å². The minimum absolute atomic E-state index is 0.0198. The molecule has 0 rings (SSSR count). The minimum Gasteiger partial charge on any atom is -0.756 e. The first kappa shape index (κ1) is 66.9. The molecule has 8 nitrogen and oxygen atoms in total. The molecule has 0 aromatic heterocycles. The van der Waals surface area contributed by atoms with Gasteiger partial charge in [-0.2, -0.15) is 0 Å². The van der Waals surface area contributed by atoms with Crippen molar-refractivity contribution in [2.75, 3.05) is 54.1 Å². The second-order valence-corrected chi connectivity index (χ2v) is 21.7. The Morgan fingerprint density at radius 3 is 1.19 bits per heavy atom. The zero-order valence-corrected chi connectivity index (χ0v) is 46.6. The van der Waals surface area contributed by atoms with E-state index < -0.39 is 13.9 Å². The maximum atomic E-state index is 12.8. The van der Waals surface area contributed by atoms with Crippen LogP contribution in [0.2, 0.25) is 0 Å². The number of hydrogen-bond donors (Lipinski definition) is 0. The number of esters is 1. The van der Waals surface area contributed by atoms with Crippen LogP contribution in [0, 0.1) is 0 Å². The first-order chi connectivity index (χ1) is 33.6. The van der Waals surface area contributed by atoms with E-state index in [4.69, 9.17) is 18.5 Å². The van der Waals surface area contributed by atoms with Gasteiger partial charge in [0.2, 0.25) is 0 Å².